The van der Waals surface area contributed by atoms with E-state index in [1.54, 1.807) is 16.4 Å². The molecular formula is C24H22FN3O3S. The number of carbonyl (C=O) groups is 1. The molecule has 6 nitrogen and oxygen atoms in total. The molecule has 164 valence electrons. The van der Waals surface area contributed by atoms with Gasteiger partial charge >= 0.3 is 0 Å². The van der Waals surface area contributed by atoms with Crippen LogP contribution >= 0.6 is 11.8 Å². The molecule has 32 heavy (non-hydrogen) atoms. The number of rotatable bonds is 4. The fourth-order valence-electron chi connectivity index (χ4n) is 4.43. The molecule has 1 amide bonds. The van der Waals surface area contributed by atoms with Gasteiger partial charge in [0.2, 0.25) is 5.43 Å². The number of carbonyl (C=O) groups excluding carboxylic acids is 1. The topological polar surface area (TPSA) is 65.8 Å². The lowest BCUT2D eigenvalue weighted by molar-refractivity contribution is 0.0674. The number of aromatic hydroxyl groups is 1. The Hall–Kier alpha value is -3.26. The van der Waals surface area contributed by atoms with Crippen molar-refractivity contribution in [2.75, 3.05) is 24.9 Å². The molecule has 1 N–H and O–H groups in total. The Labute approximate surface area is 188 Å². The van der Waals surface area contributed by atoms with Crippen molar-refractivity contribution < 1.29 is 14.3 Å². The van der Waals surface area contributed by atoms with Crippen molar-refractivity contribution in [3.8, 4) is 5.75 Å². The summed E-state index contributed by atoms with van der Waals surface area (Å²) in [6.45, 7) is -0.158. The first-order valence-corrected chi connectivity index (χ1v) is 11.4. The summed E-state index contributed by atoms with van der Waals surface area (Å²) in [4.78, 5) is 27.9. The summed E-state index contributed by atoms with van der Waals surface area (Å²) in [5.74, 6) is -0.254. The minimum Gasteiger partial charge on any atom is -0.502 e. The molecule has 0 fully saturated rings. The molecule has 3 heterocycles. The molecule has 8 heteroatoms. The maximum Gasteiger partial charge on any atom is 0.277 e. The molecule has 0 spiro atoms. The molecule has 3 aromatic rings. The molecule has 0 saturated carbocycles. The number of hydrogen-bond acceptors (Lipinski definition) is 5. The molecule has 2 aliphatic rings. The lowest BCUT2D eigenvalue weighted by atomic mass is 9.94. The standard InChI is InChI=1S/C24H22FN3O3S/c25-11-5-12-26-15-28(27-13-10-19(29)23(30)22(27)24(26)31)21-17-7-2-1-6-16(17)14-32-20-9-4-3-8-18(20)21/h1-4,6-10,13,21,30H,5,11-12,14-15H2. The van der Waals surface area contributed by atoms with Crippen LogP contribution in [-0.2, 0) is 5.75 Å². The smallest absolute Gasteiger partial charge is 0.277 e. The Morgan fingerprint density at radius 3 is 2.59 bits per heavy atom. The number of amides is 1. The highest BCUT2D eigenvalue weighted by Gasteiger charge is 2.38. The third kappa shape index (κ3) is 3.35. The minimum absolute atomic E-state index is 0.0885. The van der Waals surface area contributed by atoms with Crippen LogP contribution in [0.3, 0.4) is 0 Å². The third-order valence-corrected chi connectivity index (χ3v) is 7.08. The van der Waals surface area contributed by atoms with E-state index < -0.39 is 23.8 Å². The van der Waals surface area contributed by atoms with Gasteiger partial charge in [0, 0.05) is 29.5 Å². The van der Waals surface area contributed by atoms with Gasteiger partial charge in [-0.1, -0.05) is 42.5 Å². The Balaban J connectivity index is 1.74. The van der Waals surface area contributed by atoms with Gasteiger partial charge in [0.1, 0.15) is 6.67 Å². The van der Waals surface area contributed by atoms with E-state index in [0.717, 1.165) is 21.8 Å². The van der Waals surface area contributed by atoms with Crippen molar-refractivity contribution in [1.29, 1.82) is 0 Å². The first-order valence-electron chi connectivity index (χ1n) is 10.5. The van der Waals surface area contributed by atoms with Crippen LogP contribution in [0.2, 0.25) is 0 Å². The third-order valence-electron chi connectivity index (χ3n) is 5.94. The Morgan fingerprint density at radius 1 is 1.03 bits per heavy atom. The van der Waals surface area contributed by atoms with Crippen molar-refractivity contribution in [3.63, 3.8) is 0 Å². The van der Waals surface area contributed by atoms with Crippen LogP contribution in [0.5, 0.6) is 5.75 Å². The number of alkyl halides is 1. The highest BCUT2D eigenvalue weighted by Crippen LogP contribution is 2.42. The maximum absolute atomic E-state index is 13.1. The lowest BCUT2D eigenvalue weighted by Gasteiger charge is -2.44. The van der Waals surface area contributed by atoms with Gasteiger partial charge in [0.15, 0.2) is 11.4 Å². The summed E-state index contributed by atoms with van der Waals surface area (Å²) in [7, 11) is 0. The van der Waals surface area contributed by atoms with Crippen LogP contribution in [0, 0.1) is 0 Å². The number of benzene rings is 2. The van der Waals surface area contributed by atoms with E-state index in [-0.39, 0.29) is 31.4 Å². The average Bonchev–Trinajstić information content (AvgIpc) is 2.98. The molecule has 0 aliphatic carbocycles. The molecular weight excluding hydrogens is 429 g/mol. The molecule has 1 unspecified atom stereocenters. The van der Waals surface area contributed by atoms with Crippen LogP contribution in [0.15, 0.2) is 70.5 Å². The Bertz CT molecular complexity index is 1200. The zero-order valence-corrected chi connectivity index (χ0v) is 18.1. The van der Waals surface area contributed by atoms with E-state index in [1.165, 1.54) is 22.7 Å². The Kier molecular flexibility index (Phi) is 5.38. The zero-order valence-electron chi connectivity index (χ0n) is 17.3. The lowest BCUT2D eigenvalue weighted by Crippen LogP contribution is -2.55. The van der Waals surface area contributed by atoms with Gasteiger partial charge in [0.05, 0.1) is 12.7 Å². The summed E-state index contributed by atoms with van der Waals surface area (Å²) in [5.41, 5.74) is 2.64. The van der Waals surface area contributed by atoms with Gasteiger partial charge in [-0.05, 0) is 29.2 Å². The highest BCUT2D eigenvalue weighted by molar-refractivity contribution is 7.98. The van der Waals surface area contributed by atoms with E-state index >= 15 is 0 Å². The van der Waals surface area contributed by atoms with Gasteiger partial charge in [-0.15, -0.1) is 11.8 Å². The van der Waals surface area contributed by atoms with E-state index in [2.05, 4.69) is 24.3 Å². The molecule has 2 aromatic carbocycles. The number of fused-ring (bicyclic) bond motifs is 3. The maximum atomic E-state index is 13.1. The van der Waals surface area contributed by atoms with Gasteiger partial charge in [-0.3, -0.25) is 23.7 Å². The average molecular weight is 452 g/mol. The molecule has 0 bridgehead atoms. The summed E-state index contributed by atoms with van der Waals surface area (Å²) in [5, 5.41) is 12.5. The second-order valence-electron chi connectivity index (χ2n) is 7.84. The van der Waals surface area contributed by atoms with E-state index in [0.29, 0.717) is 0 Å². The molecule has 0 radical (unpaired) electrons. The molecule has 1 atom stereocenters. The van der Waals surface area contributed by atoms with Crippen molar-refractivity contribution in [2.24, 2.45) is 0 Å². The van der Waals surface area contributed by atoms with E-state index in [1.807, 2.05) is 29.3 Å². The number of halogens is 1. The SMILES string of the molecule is O=C1c2c(O)c(=O)ccn2N(C2c3ccccc3CSc3ccccc32)CN1CCCF. The molecule has 0 saturated heterocycles. The van der Waals surface area contributed by atoms with Crippen molar-refractivity contribution in [1.82, 2.24) is 9.58 Å². The summed E-state index contributed by atoms with van der Waals surface area (Å²) in [6.07, 6.45) is 1.72. The van der Waals surface area contributed by atoms with Crippen molar-refractivity contribution in [2.45, 2.75) is 23.1 Å². The Morgan fingerprint density at radius 2 is 1.78 bits per heavy atom. The van der Waals surface area contributed by atoms with E-state index in [9.17, 15) is 19.1 Å². The van der Waals surface area contributed by atoms with Gasteiger partial charge < -0.3 is 10.0 Å². The van der Waals surface area contributed by atoms with Crippen molar-refractivity contribution in [3.05, 3.63) is 93.4 Å². The second-order valence-corrected chi connectivity index (χ2v) is 8.86. The predicted octanol–water partition coefficient (Wildman–Crippen LogP) is 3.66. The van der Waals surface area contributed by atoms with Crippen LogP contribution in [-0.4, -0.2) is 40.5 Å². The quantitative estimate of drug-likeness (QED) is 0.656. The monoisotopic (exact) mass is 451 g/mol. The first kappa shape index (κ1) is 20.6. The second kappa shape index (κ2) is 8.35. The molecule has 5 rings (SSSR count). The zero-order chi connectivity index (χ0) is 22.2. The van der Waals surface area contributed by atoms with Crippen LogP contribution in [0.4, 0.5) is 4.39 Å². The highest BCUT2D eigenvalue weighted by atomic mass is 32.2. The largest absolute Gasteiger partial charge is 0.502 e. The molecule has 2 aliphatic heterocycles. The fourth-order valence-corrected chi connectivity index (χ4v) is 5.53. The first-order chi connectivity index (χ1) is 15.6. The summed E-state index contributed by atoms with van der Waals surface area (Å²) in [6, 6.07) is 17.3. The predicted molar refractivity (Wildman–Crippen MR) is 121 cm³/mol. The number of hydrogen-bond donors (Lipinski definition) is 1. The minimum atomic E-state index is -0.617. The number of thioether (sulfide) groups is 1. The normalized spacial score (nSPS) is 17.4. The summed E-state index contributed by atoms with van der Waals surface area (Å²) < 4.78 is 14.5. The van der Waals surface area contributed by atoms with Crippen LogP contribution < -0.4 is 10.4 Å². The number of pyridine rings is 1. The number of nitrogens with zero attached hydrogens (tertiary/aromatic N) is 3. The fraction of sp³-hybridized carbons (Fsp3) is 0.250. The van der Waals surface area contributed by atoms with Crippen LogP contribution in [0.1, 0.15) is 39.6 Å². The van der Waals surface area contributed by atoms with Gasteiger partial charge in [0.25, 0.3) is 5.91 Å². The summed E-state index contributed by atoms with van der Waals surface area (Å²) >= 11 is 1.76. The molecule has 1 aromatic heterocycles. The van der Waals surface area contributed by atoms with Gasteiger partial charge in [-0.25, -0.2) is 0 Å². The van der Waals surface area contributed by atoms with E-state index in [4.69, 9.17) is 0 Å². The van der Waals surface area contributed by atoms with Gasteiger partial charge in [-0.2, -0.15) is 0 Å². The van der Waals surface area contributed by atoms with Crippen LogP contribution in [0.25, 0.3) is 0 Å². The number of aromatic nitrogens is 1. The van der Waals surface area contributed by atoms with Crippen molar-refractivity contribution >= 4 is 17.7 Å².